The first-order valence-corrected chi connectivity index (χ1v) is 8.98. The first-order valence-electron chi connectivity index (χ1n) is 8.98. The largest absolute Gasteiger partial charge is 0.326 e. The van der Waals surface area contributed by atoms with Crippen molar-refractivity contribution < 1.29 is 9.59 Å². The molecule has 1 N–H and O–H groups in total. The molecule has 0 spiro atoms. The summed E-state index contributed by atoms with van der Waals surface area (Å²) in [5.41, 5.74) is 3.90. The van der Waals surface area contributed by atoms with Gasteiger partial charge in [0.1, 0.15) is 0 Å². The molecule has 0 aromatic heterocycles. The number of allylic oxidation sites excluding steroid dienone is 1. The second-order valence-electron chi connectivity index (χ2n) is 6.69. The number of benzene rings is 2. The Labute approximate surface area is 154 Å². The molecule has 1 saturated heterocycles. The van der Waals surface area contributed by atoms with Crippen LogP contribution in [0.25, 0.3) is 0 Å². The van der Waals surface area contributed by atoms with Gasteiger partial charge in [-0.05, 0) is 48.7 Å². The van der Waals surface area contributed by atoms with Crippen molar-refractivity contribution >= 4 is 17.4 Å². The number of piperidine rings is 1. The Morgan fingerprint density at radius 2 is 1.65 bits per heavy atom. The molecule has 1 aliphatic rings. The van der Waals surface area contributed by atoms with Crippen molar-refractivity contribution in [3.63, 3.8) is 0 Å². The normalized spacial score (nSPS) is 14.7. The smallest absolute Gasteiger partial charge is 0.221 e. The SMILES string of the molecule is CC(=O)Nc1ccc(C(=O)C=C2CCN(Cc3ccccc3)CC2)cc1. The Bertz CT molecular complexity index is 785. The maximum Gasteiger partial charge on any atom is 0.221 e. The molecule has 0 saturated carbocycles. The molecule has 0 unspecified atom stereocenters. The molecule has 2 aromatic rings. The zero-order valence-corrected chi connectivity index (χ0v) is 15.1. The van der Waals surface area contributed by atoms with Crippen LogP contribution in [-0.4, -0.2) is 29.7 Å². The van der Waals surface area contributed by atoms with Crippen molar-refractivity contribution in [2.75, 3.05) is 18.4 Å². The molecular weight excluding hydrogens is 324 g/mol. The summed E-state index contributed by atoms with van der Waals surface area (Å²) < 4.78 is 0. The zero-order valence-electron chi connectivity index (χ0n) is 15.1. The van der Waals surface area contributed by atoms with E-state index in [1.54, 1.807) is 30.3 Å². The van der Waals surface area contributed by atoms with Gasteiger partial charge in [0.25, 0.3) is 0 Å². The van der Waals surface area contributed by atoms with Crippen molar-refractivity contribution in [3.8, 4) is 0 Å². The van der Waals surface area contributed by atoms with Crippen LogP contribution in [0.15, 0.2) is 66.2 Å². The minimum atomic E-state index is -0.117. The minimum absolute atomic E-state index is 0.0332. The molecule has 1 fully saturated rings. The number of nitrogens with one attached hydrogen (secondary N) is 1. The molecule has 0 aliphatic carbocycles. The highest BCUT2D eigenvalue weighted by Crippen LogP contribution is 2.19. The Kier molecular flexibility index (Phi) is 5.97. The third-order valence-electron chi connectivity index (χ3n) is 4.57. The van der Waals surface area contributed by atoms with E-state index in [0.29, 0.717) is 11.3 Å². The average molecular weight is 348 g/mol. The number of hydrogen-bond acceptors (Lipinski definition) is 3. The van der Waals surface area contributed by atoms with Gasteiger partial charge in [-0.3, -0.25) is 14.5 Å². The summed E-state index contributed by atoms with van der Waals surface area (Å²) in [6.07, 6.45) is 3.65. The van der Waals surface area contributed by atoms with Crippen LogP contribution in [0.5, 0.6) is 0 Å². The summed E-state index contributed by atoms with van der Waals surface area (Å²) >= 11 is 0. The van der Waals surface area contributed by atoms with Gasteiger partial charge in [0.05, 0.1) is 0 Å². The fraction of sp³-hybridized carbons (Fsp3) is 0.273. The molecule has 3 rings (SSSR count). The second kappa shape index (κ2) is 8.59. The van der Waals surface area contributed by atoms with Gasteiger partial charge in [-0.25, -0.2) is 0 Å². The zero-order chi connectivity index (χ0) is 18.4. The highest BCUT2D eigenvalue weighted by atomic mass is 16.1. The lowest BCUT2D eigenvalue weighted by molar-refractivity contribution is -0.114. The van der Waals surface area contributed by atoms with Crippen molar-refractivity contribution in [2.45, 2.75) is 26.3 Å². The van der Waals surface area contributed by atoms with Gasteiger partial charge in [-0.15, -0.1) is 0 Å². The number of rotatable bonds is 5. The summed E-state index contributed by atoms with van der Waals surface area (Å²) in [6, 6.07) is 17.5. The lowest BCUT2D eigenvalue weighted by atomic mass is 9.99. The molecule has 2 aromatic carbocycles. The number of likely N-dealkylation sites (tertiary alicyclic amines) is 1. The lowest BCUT2D eigenvalue weighted by Crippen LogP contribution is -2.30. The highest BCUT2D eigenvalue weighted by Gasteiger charge is 2.15. The van der Waals surface area contributed by atoms with Crippen molar-refractivity contribution in [3.05, 3.63) is 77.4 Å². The summed E-state index contributed by atoms with van der Waals surface area (Å²) in [7, 11) is 0. The number of anilines is 1. The molecule has 1 aliphatic heterocycles. The number of amides is 1. The van der Waals surface area contributed by atoms with Gasteiger partial charge >= 0.3 is 0 Å². The van der Waals surface area contributed by atoms with Crippen LogP contribution in [-0.2, 0) is 11.3 Å². The third kappa shape index (κ3) is 5.14. The van der Waals surface area contributed by atoms with E-state index in [2.05, 4.69) is 34.5 Å². The van der Waals surface area contributed by atoms with Crippen molar-refractivity contribution in [1.82, 2.24) is 4.90 Å². The average Bonchev–Trinajstić information content (AvgIpc) is 2.64. The van der Waals surface area contributed by atoms with E-state index in [9.17, 15) is 9.59 Å². The second-order valence-corrected chi connectivity index (χ2v) is 6.69. The van der Waals surface area contributed by atoms with Gasteiger partial charge in [-0.1, -0.05) is 35.9 Å². The maximum atomic E-state index is 12.4. The topological polar surface area (TPSA) is 49.4 Å². The van der Waals surface area contributed by atoms with Gasteiger partial charge in [0.15, 0.2) is 5.78 Å². The molecule has 4 nitrogen and oxygen atoms in total. The van der Waals surface area contributed by atoms with E-state index in [0.717, 1.165) is 32.5 Å². The predicted molar refractivity (Wildman–Crippen MR) is 104 cm³/mol. The highest BCUT2D eigenvalue weighted by molar-refractivity contribution is 6.05. The predicted octanol–water partition coefficient (Wildman–Crippen LogP) is 4.05. The molecule has 1 amide bonds. The molecule has 26 heavy (non-hydrogen) atoms. The van der Waals surface area contributed by atoms with Crippen LogP contribution in [0.4, 0.5) is 5.69 Å². The number of hydrogen-bond donors (Lipinski definition) is 1. The standard InChI is InChI=1S/C22H24N2O2/c1-17(25)23-21-9-7-20(8-10-21)22(26)15-18-11-13-24(14-12-18)16-19-5-3-2-4-6-19/h2-10,15H,11-14,16H2,1H3,(H,23,25). The van der Waals surface area contributed by atoms with E-state index in [1.165, 1.54) is 18.1 Å². The van der Waals surface area contributed by atoms with Crippen LogP contribution in [0.1, 0.15) is 35.7 Å². The fourth-order valence-corrected chi connectivity index (χ4v) is 3.17. The first kappa shape index (κ1) is 18.1. The molecule has 1 heterocycles. The third-order valence-corrected chi connectivity index (χ3v) is 4.57. The number of ketones is 1. The Morgan fingerprint density at radius 3 is 2.27 bits per heavy atom. The summed E-state index contributed by atoms with van der Waals surface area (Å²) in [6.45, 7) is 4.39. The molecule has 0 bridgehead atoms. The number of nitrogens with zero attached hydrogens (tertiary/aromatic N) is 1. The minimum Gasteiger partial charge on any atom is -0.326 e. The van der Waals surface area contributed by atoms with Crippen molar-refractivity contribution in [1.29, 1.82) is 0 Å². The van der Waals surface area contributed by atoms with E-state index in [-0.39, 0.29) is 11.7 Å². The van der Waals surface area contributed by atoms with Gasteiger partial charge in [0.2, 0.25) is 5.91 Å². The van der Waals surface area contributed by atoms with E-state index in [4.69, 9.17) is 0 Å². The summed E-state index contributed by atoms with van der Waals surface area (Å²) in [5, 5.41) is 2.71. The van der Waals surface area contributed by atoms with Gasteiger partial charge in [-0.2, -0.15) is 0 Å². The molecule has 0 atom stereocenters. The van der Waals surface area contributed by atoms with Crippen molar-refractivity contribution in [2.24, 2.45) is 0 Å². The van der Waals surface area contributed by atoms with Crippen LogP contribution >= 0.6 is 0 Å². The number of carbonyl (C=O) groups excluding carboxylic acids is 2. The van der Waals surface area contributed by atoms with Crippen LogP contribution in [0.2, 0.25) is 0 Å². The van der Waals surface area contributed by atoms with Gasteiger partial charge < -0.3 is 5.32 Å². The van der Waals surface area contributed by atoms with E-state index < -0.39 is 0 Å². The Morgan fingerprint density at radius 1 is 1.00 bits per heavy atom. The summed E-state index contributed by atoms with van der Waals surface area (Å²) in [5.74, 6) is -0.0839. The van der Waals surface area contributed by atoms with Crippen LogP contribution < -0.4 is 5.32 Å². The molecule has 134 valence electrons. The summed E-state index contributed by atoms with van der Waals surface area (Å²) in [4.78, 5) is 25.9. The molecule has 4 heteroatoms. The Hall–Kier alpha value is -2.72. The maximum absolute atomic E-state index is 12.4. The fourth-order valence-electron chi connectivity index (χ4n) is 3.17. The van der Waals surface area contributed by atoms with E-state index in [1.807, 2.05) is 6.07 Å². The van der Waals surface area contributed by atoms with Crippen LogP contribution in [0.3, 0.4) is 0 Å². The van der Waals surface area contributed by atoms with Crippen LogP contribution in [0, 0.1) is 0 Å². The number of carbonyl (C=O) groups is 2. The monoisotopic (exact) mass is 348 g/mol. The lowest BCUT2D eigenvalue weighted by Gasteiger charge is -2.28. The first-order chi connectivity index (χ1) is 12.6. The molecular formula is C22H24N2O2. The van der Waals surface area contributed by atoms with Gasteiger partial charge in [0, 0.05) is 37.8 Å². The van der Waals surface area contributed by atoms with E-state index >= 15 is 0 Å². The Balaban J connectivity index is 1.54. The molecule has 0 radical (unpaired) electrons. The quantitative estimate of drug-likeness (QED) is 0.655.